The van der Waals surface area contributed by atoms with Crippen LogP contribution in [0.5, 0.6) is 0 Å². The molecule has 0 aromatic heterocycles. The second-order valence-corrected chi connectivity index (χ2v) is 1.05. The Hall–Kier alpha value is -0.290. The first-order chi connectivity index (χ1) is 3.56. The molecular weight excluding hydrogens is 123 g/mol. The Balaban J connectivity index is 3.11. The van der Waals surface area contributed by atoms with E-state index in [2.05, 4.69) is 4.84 Å². The molecule has 0 bridgehead atoms. The summed E-state index contributed by atoms with van der Waals surface area (Å²) in [5.74, 6) is 0. The maximum Gasteiger partial charge on any atom is 0.538 e. The number of rotatable bonds is 2. The summed E-state index contributed by atoms with van der Waals surface area (Å²) in [4.78, 5) is 3.13. The molecule has 5 heteroatoms. The van der Waals surface area contributed by atoms with Crippen molar-refractivity contribution in [3.05, 3.63) is 0 Å². The van der Waals surface area contributed by atoms with Gasteiger partial charge in [0.15, 0.2) is 0 Å². The van der Waals surface area contributed by atoms with E-state index in [-0.39, 0.29) is 6.54 Å². The molecule has 0 aliphatic carbocycles. The van der Waals surface area contributed by atoms with Crippen LogP contribution in [-0.2, 0) is 4.84 Å². The zero-order chi connectivity index (χ0) is 6.62. The Bertz CT molecular complexity index is 62.0. The van der Waals surface area contributed by atoms with Crippen LogP contribution in [0.2, 0.25) is 0 Å². The minimum absolute atomic E-state index is 0.138. The van der Waals surface area contributed by atoms with Gasteiger partial charge in [-0.2, -0.15) is 5.48 Å². The van der Waals surface area contributed by atoms with Gasteiger partial charge in [-0.1, -0.05) is 6.92 Å². The first kappa shape index (κ1) is 7.71. The van der Waals surface area contributed by atoms with Crippen LogP contribution in [0.15, 0.2) is 0 Å². The van der Waals surface area contributed by atoms with E-state index in [4.69, 9.17) is 0 Å². The van der Waals surface area contributed by atoms with E-state index in [1.807, 2.05) is 0 Å². The third-order valence-electron chi connectivity index (χ3n) is 0.332. The fourth-order valence-electron chi connectivity index (χ4n) is 0.154. The summed E-state index contributed by atoms with van der Waals surface area (Å²) in [5.41, 5.74) is 1.66. The van der Waals surface area contributed by atoms with Crippen LogP contribution in [0.4, 0.5) is 13.2 Å². The molecule has 0 aromatic carbocycles. The number of nitrogens with one attached hydrogen (secondary N) is 1. The fourth-order valence-corrected chi connectivity index (χ4v) is 0.154. The van der Waals surface area contributed by atoms with Crippen molar-refractivity contribution in [2.75, 3.05) is 6.54 Å². The lowest BCUT2D eigenvalue weighted by Gasteiger charge is -2.04. The maximum atomic E-state index is 11.0. The molecule has 0 radical (unpaired) electrons. The molecule has 0 rings (SSSR count). The predicted molar refractivity (Wildman–Crippen MR) is 20.8 cm³/mol. The predicted octanol–water partition coefficient (Wildman–Crippen LogP) is 1.05. The van der Waals surface area contributed by atoms with Gasteiger partial charge in [0, 0.05) is 6.54 Å². The molecule has 0 saturated carbocycles. The lowest BCUT2D eigenvalue weighted by Crippen LogP contribution is -2.25. The van der Waals surface area contributed by atoms with Crippen molar-refractivity contribution >= 4 is 0 Å². The van der Waals surface area contributed by atoms with Gasteiger partial charge in [-0.05, 0) is 0 Å². The molecule has 0 atom stereocenters. The van der Waals surface area contributed by atoms with Crippen molar-refractivity contribution in [2.24, 2.45) is 0 Å². The third kappa shape index (κ3) is 5.71. The smallest absolute Gasteiger partial charge is 0.203 e. The summed E-state index contributed by atoms with van der Waals surface area (Å²) in [6, 6.07) is 0. The van der Waals surface area contributed by atoms with Crippen LogP contribution in [0.3, 0.4) is 0 Å². The molecule has 50 valence electrons. The molecule has 0 aliphatic heterocycles. The lowest BCUT2D eigenvalue weighted by molar-refractivity contribution is -0.350. The Kier molecular flexibility index (Phi) is 2.78. The van der Waals surface area contributed by atoms with E-state index in [1.54, 1.807) is 5.48 Å². The molecule has 2 nitrogen and oxygen atoms in total. The van der Waals surface area contributed by atoms with Crippen molar-refractivity contribution < 1.29 is 18.0 Å². The van der Waals surface area contributed by atoms with Gasteiger partial charge in [0.25, 0.3) is 0 Å². The monoisotopic (exact) mass is 129 g/mol. The van der Waals surface area contributed by atoms with Crippen LogP contribution in [-0.4, -0.2) is 12.9 Å². The highest BCUT2D eigenvalue weighted by Gasteiger charge is 2.29. The highest BCUT2D eigenvalue weighted by Crippen LogP contribution is 2.13. The van der Waals surface area contributed by atoms with E-state index in [9.17, 15) is 13.2 Å². The fraction of sp³-hybridized carbons (Fsp3) is 1.00. The average molecular weight is 129 g/mol. The molecule has 0 fully saturated rings. The van der Waals surface area contributed by atoms with Gasteiger partial charge in [0.1, 0.15) is 0 Å². The highest BCUT2D eigenvalue weighted by atomic mass is 19.4. The summed E-state index contributed by atoms with van der Waals surface area (Å²) >= 11 is 0. The van der Waals surface area contributed by atoms with Crippen LogP contribution in [0.1, 0.15) is 6.92 Å². The Labute approximate surface area is 44.6 Å². The van der Waals surface area contributed by atoms with E-state index in [1.165, 1.54) is 6.92 Å². The number of hydrogen-bond donors (Lipinski definition) is 1. The van der Waals surface area contributed by atoms with E-state index in [0.29, 0.717) is 0 Å². The summed E-state index contributed by atoms with van der Waals surface area (Å²) in [7, 11) is 0. The number of hydroxylamine groups is 1. The zero-order valence-corrected chi connectivity index (χ0v) is 4.25. The molecule has 0 heterocycles. The summed E-state index contributed by atoms with van der Waals surface area (Å²) in [6.45, 7) is 1.64. The quantitative estimate of drug-likeness (QED) is 0.562. The van der Waals surface area contributed by atoms with Gasteiger partial charge < -0.3 is 0 Å². The van der Waals surface area contributed by atoms with Crippen molar-refractivity contribution in [3.8, 4) is 0 Å². The minimum atomic E-state index is -4.56. The molecule has 0 amide bonds. The normalized spacial score (nSPS) is 12.0. The van der Waals surface area contributed by atoms with Crippen molar-refractivity contribution in [1.82, 2.24) is 5.48 Å². The highest BCUT2D eigenvalue weighted by molar-refractivity contribution is 4.21. The van der Waals surface area contributed by atoms with Crippen LogP contribution in [0.25, 0.3) is 0 Å². The minimum Gasteiger partial charge on any atom is -0.203 e. The molecule has 8 heavy (non-hydrogen) atoms. The Morgan fingerprint density at radius 2 is 2.00 bits per heavy atom. The average Bonchev–Trinajstić information content (AvgIpc) is 1.59. The van der Waals surface area contributed by atoms with Crippen LogP contribution < -0.4 is 5.48 Å². The lowest BCUT2D eigenvalue weighted by atomic mass is 10.8. The van der Waals surface area contributed by atoms with Crippen molar-refractivity contribution in [3.63, 3.8) is 0 Å². The number of halogens is 3. The number of hydrogen-bond acceptors (Lipinski definition) is 2. The van der Waals surface area contributed by atoms with Gasteiger partial charge in [0.2, 0.25) is 0 Å². The van der Waals surface area contributed by atoms with Crippen molar-refractivity contribution in [2.45, 2.75) is 13.3 Å². The topological polar surface area (TPSA) is 21.3 Å². The first-order valence-corrected chi connectivity index (χ1v) is 2.04. The van der Waals surface area contributed by atoms with Gasteiger partial charge in [-0.3, -0.25) is 0 Å². The van der Waals surface area contributed by atoms with E-state index in [0.717, 1.165) is 0 Å². The van der Waals surface area contributed by atoms with Crippen molar-refractivity contribution in [1.29, 1.82) is 0 Å². The molecular formula is C3H6F3NO. The second kappa shape index (κ2) is 2.88. The molecule has 0 aliphatic rings. The standard InChI is InChI=1S/C3H6F3NO/c1-2-7-8-3(4,5)6/h7H,2H2,1H3. The third-order valence-corrected chi connectivity index (χ3v) is 0.332. The Morgan fingerprint density at radius 3 is 2.12 bits per heavy atom. The summed E-state index contributed by atoms with van der Waals surface area (Å²) in [5, 5.41) is 0. The van der Waals surface area contributed by atoms with Crippen LogP contribution >= 0.6 is 0 Å². The van der Waals surface area contributed by atoms with E-state index < -0.39 is 6.36 Å². The summed E-state index contributed by atoms with van der Waals surface area (Å²) < 4.78 is 32.9. The molecule has 0 unspecified atom stereocenters. The maximum absolute atomic E-state index is 11.0. The largest absolute Gasteiger partial charge is 0.538 e. The van der Waals surface area contributed by atoms with Gasteiger partial charge in [0.05, 0.1) is 0 Å². The SMILES string of the molecule is CCNOC(F)(F)F. The van der Waals surface area contributed by atoms with Gasteiger partial charge in [-0.25, -0.2) is 4.84 Å². The molecule has 0 aromatic rings. The Morgan fingerprint density at radius 1 is 1.50 bits per heavy atom. The van der Waals surface area contributed by atoms with Gasteiger partial charge in [-0.15, -0.1) is 13.2 Å². The van der Waals surface area contributed by atoms with Gasteiger partial charge >= 0.3 is 6.36 Å². The first-order valence-electron chi connectivity index (χ1n) is 2.04. The van der Waals surface area contributed by atoms with E-state index >= 15 is 0 Å². The summed E-state index contributed by atoms with van der Waals surface area (Å²) in [6.07, 6.45) is -4.56. The zero-order valence-electron chi connectivity index (χ0n) is 4.25. The molecule has 0 spiro atoms. The molecule has 0 saturated heterocycles. The molecule has 1 N–H and O–H groups in total. The number of alkyl halides is 3. The van der Waals surface area contributed by atoms with Crippen LogP contribution in [0, 0.1) is 0 Å². The second-order valence-electron chi connectivity index (χ2n) is 1.05.